The largest absolute Gasteiger partial charge is 0.333 e. The highest BCUT2D eigenvalue weighted by Crippen LogP contribution is 2.24. The predicted molar refractivity (Wildman–Crippen MR) is 126 cm³/mol. The van der Waals surface area contributed by atoms with Gasteiger partial charge in [-0.05, 0) is 61.7 Å². The summed E-state index contributed by atoms with van der Waals surface area (Å²) >= 11 is 0. The number of imidazole rings is 1. The zero-order valence-electron chi connectivity index (χ0n) is 19.7. The molecule has 0 radical (unpaired) electrons. The summed E-state index contributed by atoms with van der Waals surface area (Å²) in [5, 5.41) is -0.0967. The Morgan fingerprint density at radius 2 is 1.53 bits per heavy atom. The zero-order chi connectivity index (χ0) is 25.0. The van der Waals surface area contributed by atoms with Crippen molar-refractivity contribution in [1.29, 1.82) is 0 Å². The van der Waals surface area contributed by atoms with E-state index in [1.165, 1.54) is 54.7 Å². The molecule has 0 aliphatic heterocycles. The monoisotopic (exact) mass is 489 g/mol. The van der Waals surface area contributed by atoms with Crippen LogP contribution in [0, 0.1) is 17.6 Å². The molecule has 182 valence electrons. The molecular weight excluding hydrogens is 460 g/mol. The molecule has 1 heterocycles. The molecule has 1 amide bonds. The fourth-order valence-corrected chi connectivity index (χ4v) is 5.37. The van der Waals surface area contributed by atoms with Crippen molar-refractivity contribution in [3.63, 3.8) is 0 Å². The van der Waals surface area contributed by atoms with Crippen molar-refractivity contribution < 1.29 is 22.0 Å². The third kappa shape index (κ3) is 6.08. The minimum absolute atomic E-state index is 0.0967. The number of hydrogen-bond acceptors (Lipinski definition) is 4. The molecule has 0 aliphatic carbocycles. The number of halogens is 2. The van der Waals surface area contributed by atoms with Crippen LogP contribution in [0.3, 0.4) is 0 Å². The Hall–Kier alpha value is -3.07. The summed E-state index contributed by atoms with van der Waals surface area (Å²) in [7, 11) is -3.83. The van der Waals surface area contributed by atoms with Gasteiger partial charge in [-0.3, -0.25) is 4.79 Å². The van der Waals surface area contributed by atoms with Gasteiger partial charge in [0.2, 0.25) is 15.0 Å². The van der Waals surface area contributed by atoms with Crippen LogP contribution in [-0.2, 0) is 22.1 Å². The van der Waals surface area contributed by atoms with Crippen LogP contribution in [0.15, 0.2) is 59.9 Å². The first-order valence-corrected chi connectivity index (χ1v) is 12.7. The highest BCUT2D eigenvalue weighted by atomic mass is 32.2. The van der Waals surface area contributed by atoms with Gasteiger partial charge in [0.05, 0.1) is 24.2 Å². The molecule has 9 heteroatoms. The molecule has 0 fully saturated rings. The van der Waals surface area contributed by atoms with E-state index in [0.717, 1.165) is 0 Å². The fourth-order valence-electron chi connectivity index (χ4n) is 3.77. The van der Waals surface area contributed by atoms with Crippen LogP contribution in [-0.4, -0.2) is 35.3 Å². The smallest absolute Gasteiger partial charge is 0.254 e. The number of sulfone groups is 1. The second-order valence-corrected chi connectivity index (χ2v) is 10.9. The maximum absolute atomic E-state index is 13.3. The van der Waals surface area contributed by atoms with Crippen molar-refractivity contribution in [3.05, 3.63) is 83.2 Å². The van der Waals surface area contributed by atoms with Crippen LogP contribution >= 0.6 is 0 Å². The van der Waals surface area contributed by atoms with Crippen molar-refractivity contribution in [3.8, 4) is 0 Å². The van der Waals surface area contributed by atoms with Crippen LogP contribution < -0.4 is 0 Å². The summed E-state index contributed by atoms with van der Waals surface area (Å²) in [6, 6.07) is 10.4. The SMILES string of the molecule is CC(C)CN(Cc1cnc(S(=O)(=O)Cc2ccc(F)cc2)n1C(C)C)C(=O)c1ccc(F)cc1. The molecule has 2 aromatic carbocycles. The lowest BCUT2D eigenvalue weighted by Crippen LogP contribution is -2.34. The van der Waals surface area contributed by atoms with Gasteiger partial charge in [-0.25, -0.2) is 22.2 Å². The van der Waals surface area contributed by atoms with Gasteiger partial charge in [0, 0.05) is 18.2 Å². The fraction of sp³-hybridized carbons (Fsp3) is 0.360. The first kappa shape index (κ1) is 25.6. The number of carbonyl (C=O) groups is 1. The standard InChI is InChI=1S/C25H29F2N3O3S/c1-17(2)14-29(24(31)20-7-11-22(27)12-8-20)15-23-13-28-25(30(23)18(3)4)34(32,33)16-19-5-9-21(26)10-6-19/h5-13,17-18H,14-16H2,1-4H3. The first-order valence-electron chi connectivity index (χ1n) is 11.1. The average molecular weight is 490 g/mol. The van der Waals surface area contributed by atoms with Gasteiger partial charge < -0.3 is 9.47 Å². The van der Waals surface area contributed by atoms with E-state index in [1.807, 2.05) is 27.7 Å². The quantitative estimate of drug-likeness (QED) is 0.423. The van der Waals surface area contributed by atoms with E-state index >= 15 is 0 Å². The van der Waals surface area contributed by atoms with Crippen LogP contribution in [0.4, 0.5) is 8.78 Å². The normalized spacial score (nSPS) is 11.9. The van der Waals surface area contributed by atoms with E-state index in [9.17, 15) is 22.0 Å². The summed E-state index contributed by atoms with van der Waals surface area (Å²) in [6.07, 6.45) is 1.48. The highest BCUT2D eigenvalue weighted by molar-refractivity contribution is 7.90. The second-order valence-electron chi connectivity index (χ2n) is 8.97. The summed E-state index contributed by atoms with van der Waals surface area (Å²) < 4.78 is 54.5. The predicted octanol–water partition coefficient (Wildman–Crippen LogP) is 5.01. The van der Waals surface area contributed by atoms with Gasteiger partial charge in [-0.1, -0.05) is 26.0 Å². The number of hydrogen-bond donors (Lipinski definition) is 0. The summed E-state index contributed by atoms with van der Waals surface area (Å²) in [4.78, 5) is 19.0. The number of nitrogens with zero attached hydrogens (tertiary/aromatic N) is 3. The molecule has 0 aliphatic rings. The topological polar surface area (TPSA) is 72.3 Å². The molecule has 0 spiro atoms. The van der Waals surface area contributed by atoms with Gasteiger partial charge in [-0.15, -0.1) is 0 Å². The van der Waals surface area contributed by atoms with Crippen LogP contribution in [0.5, 0.6) is 0 Å². The third-order valence-electron chi connectivity index (χ3n) is 5.22. The first-order chi connectivity index (χ1) is 16.0. The lowest BCUT2D eigenvalue weighted by atomic mass is 10.1. The molecule has 6 nitrogen and oxygen atoms in total. The second kappa shape index (κ2) is 10.5. The van der Waals surface area contributed by atoms with E-state index < -0.39 is 21.5 Å². The summed E-state index contributed by atoms with van der Waals surface area (Å²) in [5.41, 5.74) is 1.37. The number of carbonyl (C=O) groups excluding carboxylic acids is 1. The Balaban J connectivity index is 1.94. The van der Waals surface area contributed by atoms with Crippen LogP contribution in [0.1, 0.15) is 55.4 Å². The Labute approximate surface area is 199 Å². The van der Waals surface area contributed by atoms with Crippen molar-refractivity contribution in [2.45, 2.75) is 51.2 Å². The van der Waals surface area contributed by atoms with Crippen molar-refractivity contribution in [1.82, 2.24) is 14.5 Å². The molecule has 0 saturated heterocycles. The van der Waals surface area contributed by atoms with Gasteiger partial charge >= 0.3 is 0 Å². The number of benzene rings is 2. The molecule has 34 heavy (non-hydrogen) atoms. The highest BCUT2D eigenvalue weighted by Gasteiger charge is 2.27. The summed E-state index contributed by atoms with van der Waals surface area (Å²) in [6.45, 7) is 8.21. The Bertz CT molecular complexity index is 1240. The van der Waals surface area contributed by atoms with E-state index in [2.05, 4.69) is 4.98 Å². The molecule has 1 aromatic heterocycles. The molecule has 3 aromatic rings. The van der Waals surface area contributed by atoms with Crippen LogP contribution in [0.25, 0.3) is 0 Å². The molecule has 0 atom stereocenters. The minimum atomic E-state index is -3.83. The van der Waals surface area contributed by atoms with Crippen LogP contribution in [0.2, 0.25) is 0 Å². The van der Waals surface area contributed by atoms with E-state index in [1.54, 1.807) is 9.47 Å². The molecule has 0 unspecified atom stereocenters. The Morgan fingerprint density at radius 3 is 2.06 bits per heavy atom. The third-order valence-corrected chi connectivity index (χ3v) is 6.79. The molecule has 0 saturated carbocycles. The number of amides is 1. The Morgan fingerprint density at radius 1 is 0.971 bits per heavy atom. The minimum Gasteiger partial charge on any atom is -0.333 e. The van der Waals surface area contributed by atoms with Crippen molar-refractivity contribution in [2.24, 2.45) is 5.92 Å². The van der Waals surface area contributed by atoms with Gasteiger partial charge in [-0.2, -0.15) is 0 Å². The summed E-state index contributed by atoms with van der Waals surface area (Å²) in [5.74, 6) is -1.31. The maximum Gasteiger partial charge on any atom is 0.254 e. The number of aromatic nitrogens is 2. The van der Waals surface area contributed by atoms with Gasteiger partial charge in [0.1, 0.15) is 11.6 Å². The molecule has 0 bridgehead atoms. The zero-order valence-corrected chi connectivity index (χ0v) is 20.5. The average Bonchev–Trinajstić information content (AvgIpc) is 3.19. The van der Waals surface area contributed by atoms with E-state index in [4.69, 9.17) is 0 Å². The van der Waals surface area contributed by atoms with Crippen molar-refractivity contribution >= 4 is 15.7 Å². The lowest BCUT2D eigenvalue weighted by molar-refractivity contribution is 0.0717. The van der Waals surface area contributed by atoms with Gasteiger partial charge in [0.15, 0.2) is 0 Å². The van der Waals surface area contributed by atoms with Crippen molar-refractivity contribution in [2.75, 3.05) is 6.54 Å². The van der Waals surface area contributed by atoms with E-state index in [0.29, 0.717) is 23.4 Å². The van der Waals surface area contributed by atoms with Gasteiger partial charge in [0.25, 0.3) is 5.91 Å². The molecule has 0 N–H and O–H groups in total. The Kier molecular flexibility index (Phi) is 7.86. The maximum atomic E-state index is 13.3. The van der Waals surface area contributed by atoms with E-state index in [-0.39, 0.29) is 35.3 Å². The lowest BCUT2D eigenvalue weighted by Gasteiger charge is -2.26. The number of rotatable bonds is 9. The molecular formula is C25H29F2N3O3S. The molecule has 3 rings (SSSR count).